The summed E-state index contributed by atoms with van der Waals surface area (Å²) in [6.45, 7) is 0.246. The van der Waals surface area contributed by atoms with Gasteiger partial charge in [-0.05, 0) is 17.5 Å². The number of rotatable bonds is 7. The summed E-state index contributed by atoms with van der Waals surface area (Å²) in [4.78, 5) is 63.4. The molecule has 39 heavy (non-hydrogen) atoms. The SMILES string of the molecule is CNC(=O)ON=C(C(=O)NC1C(=O)N2C(C(=O)[O-])=C(C[n+]3ccc4sccc4c3)CS[C@H]12)c1nccc(N)n1. The average molecular weight is 569 g/mol. The molecule has 2 aliphatic rings. The molecule has 5 heterocycles. The molecule has 1 unspecified atom stereocenters. The standard InChI is InChI=1S/C23H20N8O6S2/c1-25-23(36)37-29-15(18-26-5-2-14(24)27-18)19(32)28-16-20(33)31-17(22(34)35)12(10-39-21(16)31)9-30-6-3-13-11(8-30)4-7-38-13/h2-8,16,21H,9-10H2,1H3,(H4-,24,25,26,27,28,32,34,35,36)/t16?,21-/m1/s1. The second-order valence-electron chi connectivity index (χ2n) is 8.33. The molecule has 0 aromatic carbocycles. The van der Waals surface area contributed by atoms with E-state index in [1.165, 1.54) is 31.1 Å². The summed E-state index contributed by atoms with van der Waals surface area (Å²) in [6, 6.07) is 4.20. The van der Waals surface area contributed by atoms with Gasteiger partial charge in [-0.25, -0.2) is 19.3 Å². The number of hydrogen-bond donors (Lipinski definition) is 3. The lowest BCUT2D eigenvalue weighted by Crippen LogP contribution is -2.71. The van der Waals surface area contributed by atoms with E-state index < -0.39 is 41.0 Å². The van der Waals surface area contributed by atoms with Gasteiger partial charge in [-0.1, -0.05) is 5.16 Å². The maximum atomic E-state index is 13.1. The zero-order chi connectivity index (χ0) is 27.7. The van der Waals surface area contributed by atoms with E-state index >= 15 is 0 Å². The minimum Gasteiger partial charge on any atom is -0.543 e. The number of anilines is 1. The number of carbonyl (C=O) groups excluding carboxylic acids is 4. The van der Waals surface area contributed by atoms with Gasteiger partial charge in [-0.3, -0.25) is 19.3 Å². The maximum Gasteiger partial charge on any atom is 0.433 e. The highest BCUT2D eigenvalue weighted by Crippen LogP contribution is 2.40. The van der Waals surface area contributed by atoms with Crippen LogP contribution in [0.4, 0.5) is 10.6 Å². The fourth-order valence-electron chi connectivity index (χ4n) is 4.08. The summed E-state index contributed by atoms with van der Waals surface area (Å²) in [5.74, 6) is -2.98. The van der Waals surface area contributed by atoms with Gasteiger partial charge >= 0.3 is 6.09 Å². The summed E-state index contributed by atoms with van der Waals surface area (Å²) < 4.78 is 2.94. The zero-order valence-electron chi connectivity index (χ0n) is 20.2. The Balaban J connectivity index is 1.36. The van der Waals surface area contributed by atoms with E-state index in [9.17, 15) is 24.3 Å². The van der Waals surface area contributed by atoms with E-state index in [-0.39, 0.29) is 29.6 Å². The zero-order valence-corrected chi connectivity index (χ0v) is 21.8. The number of carboxylic acids is 1. The second-order valence-corrected chi connectivity index (χ2v) is 10.4. The third-order valence-electron chi connectivity index (χ3n) is 5.88. The number of nitrogen functional groups attached to an aromatic ring is 1. The van der Waals surface area contributed by atoms with Crippen molar-refractivity contribution in [3.8, 4) is 0 Å². The molecule has 5 rings (SSSR count). The smallest absolute Gasteiger partial charge is 0.433 e. The number of thiophene rings is 1. The highest BCUT2D eigenvalue weighted by atomic mass is 32.2. The van der Waals surface area contributed by atoms with E-state index in [0.717, 1.165) is 15.0 Å². The fourth-order valence-corrected chi connectivity index (χ4v) is 6.18. The first kappa shape index (κ1) is 26.1. The van der Waals surface area contributed by atoms with E-state index in [2.05, 4.69) is 30.6 Å². The third kappa shape index (κ3) is 5.10. The van der Waals surface area contributed by atoms with Gasteiger partial charge in [-0.15, -0.1) is 23.1 Å². The van der Waals surface area contributed by atoms with E-state index in [1.54, 1.807) is 11.3 Å². The van der Waals surface area contributed by atoms with Gasteiger partial charge in [0, 0.05) is 35.3 Å². The number of thioether (sulfide) groups is 1. The molecule has 1 fully saturated rings. The molecule has 0 bridgehead atoms. The number of aliphatic carboxylic acids is 1. The number of β-lactam (4-membered cyclic amide) rings is 1. The van der Waals surface area contributed by atoms with Crippen LogP contribution in [0.3, 0.4) is 0 Å². The lowest BCUT2D eigenvalue weighted by atomic mass is 10.0. The van der Waals surface area contributed by atoms with Crippen LogP contribution in [0.25, 0.3) is 10.1 Å². The third-order valence-corrected chi connectivity index (χ3v) is 8.12. The molecule has 16 heteroatoms. The molecular weight excluding hydrogens is 548 g/mol. The number of nitrogens with two attached hydrogens (primary N) is 1. The van der Waals surface area contributed by atoms with Gasteiger partial charge < -0.3 is 26.3 Å². The summed E-state index contributed by atoms with van der Waals surface area (Å²) in [7, 11) is 1.30. The number of carbonyl (C=O) groups is 4. The number of nitrogens with zero attached hydrogens (tertiary/aromatic N) is 5. The van der Waals surface area contributed by atoms with Gasteiger partial charge in [0.1, 0.15) is 17.2 Å². The monoisotopic (exact) mass is 568 g/mol. The molecule has 0 spiro atoms. The van der Waals surface area contributed by atoms with Crippen molar-refractivity contribution in [2.24, 2.45) is 5.16 Å². The van der Waals surface area contributed by atoms with Crippen LogP contribution in [-0.2, 0) is 25.8 Å². The highest BCUT2D eigenvalue weighted by molar-refractivity contribution is 8.00. The van der Waals surface area contributed by atoms with Crippen molar-refractivity contribution in [3.05, 3.63) is 59.3 Å². The molecule has 3 amide bonds. The predicted molar refractivity (Wildman–Crippen MR) is 138 cm³/mol. The van der Waals surface area contributed by atoms with Gasteiger partial charge in [0.15, 0.2) is 24.8 Å². The first-order valence-corrected chi connectivity index (χ1v) is 13.3. The highest BCUT2D eigenvalue weighted by Gasteiger charge is 2.53. The minimum atomic E-state index is -1.49. The van der Waals surface area contributed by atoms with Crippen molar-refractivity contribution < 1.29 is 33.7 Å². The summed E-state index contributed by atoms with van der Waals surface area (Å²) in [5.41, 5.74) is 5.45. The largest absolute Gasteiger partial charge is 0.543 e. The number of aromatic nitrogens is 3. The van der Waals surface area contributed by atoms with E-state index in [4.69, 9.17) is 5.73 Å². The molecule has 1 saturated heterocycles. The number of carboxylic acid groups (broad SMARTS) is 1. The molecule has 2 atom stereocenters. The quantitative estimate of drug-likeness (QED) is 0.102. The van der Waals surface area contributed by atoms with Crippen LogP contribution < -0.4 is 26.0 Å². The minimum absolute atomic E-state index is 0.0291. The van der Waals surface area contributed by atoms with Crippen LogP contribution >= 0.6 is 23.1 Å². The van der Waals surface area contributed by atoms with Crippen molar-refractivity contribution in [3.63, 3.8) is 0 Å². The fraction of sp³-hybridized carbons (Fsp3) is 0.217. The van der Waals surface area contributed by atoms with Crippen molar-refractivity contribution in [2.75, 3.05) is 18.5 Å². The van der Waals surface area contributed by atoms with Crippen LogP contribution in [-0.4, -0.2) is 68.7 Å². The molecule has 3 aromatic heterocycles. The van der Waals surface area contributed by atoms with Crippen LogP contribution in [0.15, 0.2) is 58.6 Å². The topological polar surface area (TPSA) is 196 Å². The first-order chi connectivity index (χ1) is 18.8. The molecule has 3 aromatic rings. The molecule has 0 radical (unpaired) electrons. The molecule has 0 aliphatic carbocycles. The Morgan fingerprint density at radius 1 is 1.33 bits per heavy atom. The van der Waals surface area contributed by atoms with Crippen molar-refractivity contribution in [2.45, 2.75) is 18.0 Å². The number of pyridine rings is 1. The van der Waals surface area contributed by atoms with Crippen LogP contribution in [0.5, 0.6) is 0 Å². The van der Waals surface area contributed by atoms with Gasteiger partial charge in [0.2, 0.25) is 5.71 Å². The predicted octanol–water partition coefficient (Wildman–Crippen LogP) is -1.27. The number of fused-ring (bicyclic) bond motifs is 2. The van der Waals surface area contributed by atoms with Crippen molar-refractivity contribution in [1.29, 1.82) is 0 Å². The molecule has 4 N–H and O–H groups in total. The number of nitrogens with one attached hydrogen (secondary N) is 2. The molecule has 14 nitrogen and oxygen atoms in total. The Morgan fingerprint density at radius 2 is 2.15 bits per heavy atom. The van der Waals surface area contributed by atoms with Gasteiger partial charge in [0.25, 0.3) is 11.8 Å². The summed E-state index contributed by atoms with van der Waals surface area (Å²) in [5, 5.41) is 22.6. The van der Waals surface area contributed by atoms with E-state index in [0.29, 0.717) is 5.57 Å². The van der Waals surface area contributed by atoms with Crippen LogP contribution in [0.2, 0.25) is 0 Å². The van der Waals surface area contributed by atoms with Gasteiger partial charge in [-0.2, -0.15) is 0 Å². The van der Waals surface area contributed by atoms with Crippen LogP contribution in [0.1, 0.15) is 5.82 Å². The lowest BCUT2D eigenvalue weighted by molar-refractivity contribution is -0.687. The Bertz CT molecular complexity index is 1570. The normalized spacial score (nSPS) is 18.8. The summed E-state index contributed by atoms with van der Waals surface area (Å²) in [6.07, 6.45) is 4.07. The molecule has 2 aliphatic heterocycles. The number of oxime groups is 1. The van der Waals surface area contributed by atoms with Crippen molar-refractivity contribution >= 4 is 68.6 Å². The Labute approximate surface area is 228 Å². The number of amides is 3. The van der Waals surface area contributed by atoms with Crippen molar-refractivity contribution in [1.82, 2.24) is 25.5 Å². The Kier molecular flexibility index (Phi) is 7.12. The summed E-state index contributed by atoms with van der Waals surface area (Å²) >= 11 is 2.89. The second kappa shape index (κ2) is 10.7. The lowest BCUT2D eigenvalue weighted by Gasteiger charge is -2.50. The van der Waals surface area contributed by atoms with E-state index in [1.807, 2.05) is 34.5 Å². The Hall–Kier alpha value is -4.57. The molecule has 0 saturated carbocycles. The number of hydrogen-bond acceptors (Lipinski definition) is 12. The maximum absolute atomic E-state index is 13.1. The van der Waals surface area contributed by atoms with Crippen LogP contribution in [0, 0.1) is 0 Å². The average Bonchev–Trinajstić information content (AvgIpc) is 3.39. The molecular formula is C23H20N8O6S2. The molecule has 200 valence electrons. The first-order valence-electron chi connectivity index (χ1n) is 11.4. The Morgan fingerprint density at radius 3 is 2.90 bits per heavy atom. The van der Waals surface area contributed by atoms with Gasteiger partial charge in [0.05, 0.1) is 17.1 Å².